The van der Waals surface area contributed by atoms with Crippen molar-refractivity contribution in [1.82, 2.24) is 10.1 Å². The van der Waals surface area contributed by atoms with E-state index in [4.69, 9.17) is 19.7 Å². The number of aromatic nitrogens is 2. The fourth-order valence-electron chi connectivity index (χ4n) is 3.06. The zero-order chi connectivity index (χ0) is 20.8. The molecular weight excluding hydrogens is 509 g/mol. The Balaban J connectivity index is 0.00000272. The van der Waals surface area contributed by atoms with Gasteiger partial charge in [0, 0.05) is 36.7 Å². The minimum absolute atomic E-state index is 0. The smallest absolute Gasteiger partial charge is 0.257 e. The van der Waals surface area contributed by atoms with Crippen molar-refractivity contribution in [3.05, 3.63) is 53.9 Å². The highest BCUT2D eigenvalue weighted by molar-refractivity contribution is 14.0. The van der Waals surface area contributed by atoms with Crippen LogP contribution in [0.5, 0.6) is 11.5 Å². The number of anilines is 1. The molecule has 0 unspecified atom stereocenters. The van der Waals surface area contributed by atoms with Crippen LogP contribution in [0.1, 0.15) is 24.7 Å². The lowest BCUT2D eigenvalue weighted by Crippen LogP contribution is -2.23. The van der Waals surface area contributed by atoms with Crippen LogP contribution < -0.4 is 20.5 Å². The predicted molar refractivity (Wildman–Crippen MR) is 130 cm³/mol. The molecule has 0 saturated heterocycles. The molecule has 4 rings (SSSR count). The van der Waals surface area contributed by atoms with Gasteiger partial charge in [-0.2, -0.15) is 4.98 Å². The number of aryl methyl sites for hydroxylation is 1. The largest absolute Gasteiger partial charge is 0.490 e. The molecule has 0 aliphatic carbocycles. The molecule has 1 aliphatic rings. The number of aliphatic imine (C=N–C) groups is 1. The fraction of sp³-hybridized carbons (Fsp3) is 0.318. The van der Waals surface area contributed by atoms with E-state index in [1.807, 2.05) is 49.4 Å². The van der Waals surface area contributed by atoms with Crippen LogP contribution in [0.3, 0.4) is 0 Å². The van der Waals surface area contributed by atoms with E-state index in [9.17, 15) is 0 Å². The molecular formula is C22H26IN5O3. The fourth-order valence-corrected chi connectivity index (χ4v) is 3.06. The molecule has 2 aromatic carbocycles. The number of rotatable bonds is 6. The number of guanidine groups is 1. The summed E-state index contributed by atoms with van der Waals surface area (Å²) in [5, 5.41) is 7.03. The second kappa shape index (κ2) is 11.0. The quantitative estimate of drug-likeness (QED) is 0.279. The van der Waals surface area contributed by atoms with Gasteiger partial charge >= 0.3 is 0 Å². The van der Waals surface area contributed by atoms with Crippen LogP contribution in [-0.4, -0.2) is 35.9 Å². The molecule has 1 aromatic heterocycles. The summed E-state index contributed by atoms with van der Waals surface area (Å²) < 4.78 is 16.6. The Bertz CT molecular complexity index is 1020. The summed E-state index contributed by atoms with van der Waals surface area (Å²) in [6, 6.07) is 13.7. The van der Waals surface area contributed by atoms with Crippen LogP contribution in [0.4, 0.5) is 5.69 Å². The van der Waals surface area contributed by atoms with Gasteiger partial charge in [-0.1, -0.05) is 24.2 Å². The van der Waals surface area contributed by atoms with Gasteiger partial charge in [-0.25, -0.2) is 0 Å². The van der Waals surface area contributed by atoms with Gasteiger partial charge in [-0.15, -0.1) is 24.0 Å². The summed E-state index contributed by atoms with van der Waals surface area (Å²) in [5.74, 6) is 3.08. The number of fused-ring (bicyclic) bond motifs is 1. The summed E-state index contributed by atoms with van der Waals surface area (Å²) in [6.45, 7) is 3.88. The van der Waals surface area contributed by atoms with Crippen LogP contribution in [0.25, 0.3) is 11.5 Å². The molecule has 0 spiro atoms. The number of nitrogens with two attached hydrogens (primary N) is 1. The Labute approximate surface area is 198 Å². The number of hydrogen-bond donors (Lipinski definition) is 2. The minimum atomic E-state index is 0. The van der Waals surface area contributed by atoms with E-state index in [0.717, 1.165) is 47.6 Å². The third-order valence-electron chi connectivity index (χ3n) is 4.69. The van der Waals surface area contributed by atoms with E-state index in [-0.39, 0.29) is 24.0 Å². The number of nitrogens with one attached hydrogen (secondary N) is 1. The van der Waals surface area contributed by atoms with Crippen LogP contribution in [-0.2, 0) is 12.8 Å². The van der Waals surface area contributed by atoms with Gasteiger partial charge in [0.1, 0.15) is 0 Å². The molecule has 9 heteroatoms. The zero-order valence-electron chi connectivity index (χ0n) is 17.3. The van der Waals surface area contributed by atoms with Gasteiger partial charge in [0.2, 0.25) is 0 Å². The first-order chi connectivity index (χ1) is 14.7. The summed E-state index contributed by atoms with van der Waals surface area (Å²) >= 11 is 0. The van der Waals surface area contributed by atoms with E-state index < -0.39 is 0 Å². The molecule has 3 N–H and O–H groups in total. The Hall–Kier alpha value is -2.82. The lowest BCUT2D eigenvalue weighted by atomic mass is 10.1. The van der Waals surface area contributed by atoms with Gasteiger partial charge < -0.3 is 25.0 Å². The molecule has 0 atom stereocenters. The molecule has 8 nitrogen and oxygen atoms in total. The minimum Gasteiger partial charge on any atom is -0.490 e. The molecule has 0 radical (unpaired) electrons. The van der Waals surface area contributed by atoms with Crippen molar-refractivity contribution in [2.24, 2.45) is 10.7 Å². The molecule has 0 fully saturated rings. The summed E-state index contributed by atoms with van der Waals surface area (Å²) in [6.07, 6.45) is 2.39. The zero-order valence-corrected chi connectivity index (χ0v) is 19.7. The van der Waals surface area contributed by atoms with Crippen molar-refractivity contribution in [2.45, 2.75) is 26.2 Å². The summed E-state index contributed by atoms with van der Waals surface area (Å²) in [4.78, 5) is 8.76. The standard InChI is InChI=1S/C22H25N5O3.HI/c1-2-20-26-21(30-27-20)16-6-4-15(5-7-16)10-11-24-22(23)25-17-8-9-18-19(14-17)29-13-3-12-28-18;/h4-9,14H,2-3,10-13H2,1H3,(H3,23,24,25);1H. The highest BCUT2D eigenvalue weighted by atomic mass is 127. The molecule has 0 saturated carbocycles. The third-order valence-corrected chi connectivity index (χ3v) is 4.69. The van der Waals surface area contributed by atoms with Crippen LogP contribution in [0, 0.1) is 0 Å². The normalized spacial score (nSPS) is 13.3. The average molecular weight is 535 g/mol. The van der Waals surface area contributed by atoms with Crippen LogP contribution >= 0.6 is 24.0 Å². The second-order valence-electron chi connectivity index (χ2n) is 6.92. The van der Waals surface area contributed by atoms with E-state index in [1.54, 1.807) is 0 Å². The summed E-state index contributed by atoms with van der Waals surface area (Å²) in [7, 11) is 0. The van der Waals surface area contributed by atoms with E-state index in [2.05, 4.69) is 20.4 Å². The highest BCUT2D eigenvalue weighted by Crippen LogP contribution is 2.32. The number of hydrogen-bond acceptors (Lipinski definition) is 6. The Morgan fingerprint density at radius 3 is 2.61 bits per heavy atom. The third kappa shape index (κ3) is 6.09. The highest BCUT2D eigenvalue weighted by Gasteiger charge is 2.11. The first-order valence-corrected chi connectivity index (χ1v) is 10.1. The SMILES string of the molecule is CCc1noc(-c2ccc(CCN=C(N)Nc3ccc4c(c3)OCCCO4)cc2)n1.I. The molecule has 31 heavy (non-hydrogen) atoms. The lowest BCUT2D eigenvalue weighted by molar-refractivity contribution is 0.297. The first-order valence-electron chi connectivity index (χ1n) is 10.1. The van der Waals surface area contributed by atoms with Crippen molar-refractivity contribution in [1.29, 1.82) is 0 Å². The van der Waals surface area contributed by atoms with Gasteiger partial charge in [0.05, 0.1) is 13.2 Å². The Morgan fingerprint density at radius 2 is 1.87 bits per heavy atom. The number of ether oxygens (including phenoxy) is 2. The van der Waals surface area contributed by atoms with Crippen molar-refractivity contribution in [2.75, 3.05) is 25.1 Å². The number of benzene rings is 2. The van der Waals surface area contributed by atoms with Gasteiger partial charge in [0.15, 0.2) is 23.3 Å². The Morgan fingerprint density at radius 1 is 1.10 bits per heavy atom. The van der Waals surface area contributed by atoms with Crippen LogP contribution in [0.15, 0.2) is 52.0 Å². The number of nitrogens with zero attached hydrogens (tertiary/aromatic N) is 3. The van der Waals surface area contributed by atoms with Gasteiger partial charge in [-0.3, -0.25) is 4.99 Å². The average Bonchev–Trinajstić information content (AvgIpc) is 3.13. The predicted octanol–water partition coefficient (Wildman–Crippen LogP) is 4.05. The van der Waals surface area contributed by atoms with Gasteiger partial charge in [0.25, 0.3) is 5.89 Å². The van der Waals surface area contributed by atoms with E-state index in [0.29, 0.717) is 37.4 Å². The molecule has 3 aromatic rings. The van der Waals surface area contributed by atoms with Crippen molar-refractivity contribution in [3.8, 4) is 23.0 Å². The molecule has 0 amide bonds. The van der Waals surface area contributed by atoms with Crippen molar-refractivity contribution < 1.29 is 14.0 Å². The molecule has 164 valence electrons. The topological polar surface area (TPSA) is 108 Å². The Kier molecular flexibility index (Phi) is 8.10. The maximum atomic E-state index is 6.03. The maximum Gasteiger partial charge on any atom is 0.257 e. The summed E-state index contributed by atoms with van der Waals surface area (Å²) in [5.41, 5.74) is 8.91. The lowest BCUT2D eigenvalue weighted by Gasteiger charge is -2.10. The van der Waals surface area contributed by atoms with Crippen molar-refractivity contribution >= 4 is 35.6 Å². The van der Waals surface area contributed by atoms with Crippen molar-refractivity contribution in [3.63, 3.8) is 0 Å². The van der Waals surface area contributed by atoms with E-state index >= 15 is 0 Å². The molecule has 2 heterocycles. The second-order valence-corrected chi connectivity index (χ2v) is 6.92. The number of halogens is 1. The maximum absolute atomic E-state index is 6.03. The molecule has 1 aliphatic heterocycles. The first kappa shape index (κ1) is 22.9. The monoisotopic (exact) mass is 535 g/mol. The van der Waals surface area contributed by atoms with E-state index in [1.165, 1.54) is 0 Å². The molecule has 0 bridgehead atoms. The van der Waals surface area contributed by atoms with Crippen LogP contribution in [0.2, 0.25) is 0 Å². The van der Waals surface area contributed by atoms with Gasteiger partial charge in [-0.05, 0) is 36.2 Å².